The normalized spacial score (nSPS) is 13.9. The Kier molecular flexibility index (Phi) is 16.6. The van der Waals surface area contributed by atoms with Crippen LogP contribution in [0.15, 0.2) is 36.5 Å². The van der Waals surface area contributed by atoms with Gasteiger partial charge in [-0.3, -0.25) is 0 Å². The Morgan fingerprint density at radius 2 is 1.33 bits per heavy atom. The third kappa shape index (κ3) is 17.1. The molecule has 0 aliphatic rings. The van der Waals surface area contributed by atoms with Crippen LogP contribution in [0.3, 0.4) is 0 Å². The predicted molar refractivity (Wildman–Crippen MR) is 95.6 cm³/mol. The van der Waals surface area contributed by atoms with E-state index in [1.54, 1.807) is 0 Å². The molecule has 1 nitrogen and oxygen atoms in total. The first kappa shape index (κ1) is 20.2. The summed E-state index contributed by atoms with van der Waals surface area (Å²) < 4.78 is 0. The van der Waals surface area contributed by atoms with Gasteiger partial charge < -0.3 is 5.11 Å². The van der Waals surface area contributed by atoms with Gasteiger partial charge in [0.15, 0.2) is 0 Å². The first-order valence-electron chi connectivity index (χ1n) is 8.97. The minimum Gasteiger partial charge on any atom is -0.389 e. The highest BCUT2D eigenvalue weighted by Crippen LogP contribution is 2.05. The molecule has 0 aromatic carbocycles. The second-order valence-electron chi connectivity index (χ2n) is 5.77. The maximum absolute atomic E-state index is 9.71. The molecule has 0 amide bonds. The van der Waals surface area contributed by atoms with Crippen molar-refractivity contribution < 1.29 is 5.11 Å². The van der Waals surface area contributed by atoms with Crippen LogP contribution in [-0.4, -0.2) is 11.2 Å². The standard InChI is InChI=1S/C20H36O/c1-3-5-7-8-9-10-11-12-13-14-15-17-19-20(21)18-16-6-4-2/h8-9,14-15,17,19-21H,3-7,10-13,16,18H2,1-2H3/b9-8+,15-14+,19-17+. The molecule has 122 valence electrons. The molecule has 1 heteroatoms. The van der Waals surface area contributed by atoms with Crippen molar-refractivity contribution in [2.75, 3.05) is 0 Å². The molecular formula is C20H36O. The van der Waals surface area contributed by atoms with Crippen LogP contribution in [0.2, 0.25) is 0 Å². The number of hydrogen-bond acceptors (Lipinski definition) is 1. The Morgan fingerprint density at radius 3 is 2.00 bits per heavy atom. The van der Waals surface area contributed by atoms with E-state index in [0.717, 1.165) is 19.3 Å². The third-order valence-corrected chi connectivity index (χ3v) is 3.57. The second kappa shape index (κ2) is 17.2. The topological polar surface area (TPSA) is 20.2 Å². The molecule has 0 radical (unpaired) electrons. The zero-order valence-corrected chi connectivity index (χ0v) is 14.3. The highest BCUT2D eigenvalue weighted by Gasteiger charge is 1.96. The van der Waals surface area contributed by atoms with Gasteiger partial charge in [-0.2, -0.15) is 0 Å². The van der Waals surface area contributed by atoms with Crippen LogP contribution >= 0.6 is 0 Å². The molecule has 0 saturated heterocycles. The van der Waals surface area contributed by atoms with Gasteiger partial charge in [0.05, 0.1) is 6.10 Å². The van der Waals surface area contributed by atoms with Crippen molar-refractivity contribution in [1.82, 2.24) is 0 Å². The van der Waals surface area contributed by atoms with Crippen LogP contribution in [-0.2, 0) is 0 Å². The zero-order valence-electron chi connectivity index (χ0n) is 14.3. The maximum Gasteiger partial charge on any atom is 0.0723 e. The van der Waals surface area contributed by atoms with Gasteiger partial charge in [0.25, 0.3) is 0 Å². The summed E-state index contributed by atoms with van der Waals surface area (Å²) >= 11 is 0. The van der Waals surface area contributed by atoms with E-state index in [4.69, 9.17) is 0 Å². The van der Waals surface area contributed by atoms with E-state index in [-0.39, 0.29) is 6.10 Å². The van der Waals surface area contributed by atoms with Gasteiger partial charge in [-0.1, -0.05) is 82.4 Å². The summed E-state index contributed by atoms with van der Waals surface area (Å²) in [6, 6.07) is 0. The average Bonchev–Trinajstić information content (AvgIpc) is 2.48. The molecule has 1 N–H and O–H groups in total. The summed E-state index contributed by atoms with van der Waals surface area (Å²) in [5, 5.41) is 9.71. The van der Waals surface area contributed by atoms with Crippen LogP contribution in [0.5, 0.6) is 0 Å². The van der Waals surface area contributed by atoms with E-state index in [1.807, 2.05) is 12.2 Å². The lowest BCUT2D eigenvalue weighted by Crippen LogP contribution is -2.00. The number of allylic oxidation sites excluding steroid dienone is 5. The average molecular weight is 293 g/mol. The van der Waals surface area contributed by atoms with E-state index < -0.39 is 0 Å². The van der Waals surface area contributed by atoms with Crippen LogP contribution in [0.25, 0.3) is 0 Å². The minimum absolute atomic E-state index is 0.269. The monoisotopic (exact) mass is 292 g/mol. The fourth-order valence-electron chi connectivity index (χ4n) is 2.15. The SMILES string of the molecule is CCCC/C=C/CCCC/C=C/C=C/C(O)CCCCC. The number of hydrogen-bond donors (Lipinski definition) is 1. The van der Waals surface area contributed by atoms with Gasteiger partial charge in [-0.05, 0) is 38.5 Å². The smallest absolute Gasteiger partial charge is 0.0723 e. The zero-order chi connectivity index (χ0) is 15.6. The van der Waals surface area contributed by atoms with Gasteiger partial charge in [-0.25, -0.2) is 0 Å². The molecule has 1 unspecified atom stereocenters. The Labute approximate surface area is 132 Å². The van der Waals surface area contributed by atoms with Gasteiger partial charge >= 0.3 is 0 Å². The highest BCUT2D eigenvalue weighted by molar-refractivity contribution is 5.04. The summed E-state index contributed by atoms with van der Waals surface area (Å²) in [7, 11) is 0. The van der Waals surface area contributed by atoms with Crippen molar-refractivity contribution in [3.63, 3.8) is 0 Å². The van der Waals surface area contributed by atoms with Crippen LogP contribution < -0.4 is 0 Å². The largest absolute Gasteiger partial charge is 0.389 e. The summed E-state index contributed by atoms with van der Waals surface area (Å²) in [6.07, 6.45) is 25.7. The highest BCUT2D eigenvalue weighted by atomic mass is 16.3. The van der Waals surface area contributed by atoms with E-state index in [0.29, 0.717) is 0 Å². The molecule has 0 saturated carbocycles. The molecule has 0 aliphatic heterocycles. The number of unbranched alkanes of at least 4 members (excludes halogenated alkanes) is 7. The summed E-state index contributed by atoms with van der Waals surface area (Å²) in [5.41, 5.74) is 0. The molecule has 21 heavy (non-hydrogen) atoms. The lowest BCUT2D eigenvalue weighted by Gasteiger charge is -2.03. The molecule has 0 fully saturated rings. The number of aliphatic hydroxyl groups excluding tert-OH is 1. The van der Waals surface area contributed by atoms with Gasteiger partial charge in [0.1, 0.15) is 0 Å². The Bertz CT molecular complexity index is 276. The molecule has 0 aromatic heterocycles. The van der Waals surface area contributed by atoms with E-state index in [9.17, 15) is 5.11 Å². The van der Waals surface area contributed by atoms with Crippen molar-refractivity contribution >= 4 is 0 Å². The summed E-state index contributed by atoms with van der Waals surface area (Å²) in [5.74, 6) is 0. The summed E-state index contributed by atoms with van der Waals surface area (Å²) in [4.78, 5) is 0. The molecule has 0 heterocycles. The quantitative estimate of drug-likeness (QED) is 0.225. The van der Waals surface area contributed by atoms with Crippen molar-refractivity contribution in [1.29, 1.82) is 0 Å². The van der Waals surface area contributed by atoms with Crippen molar-refractivity contribution in [3.05, 3.63) is 36.5 Å². The van der Waals surface area contributed by atoms with Crippen LogP contribution in [0, 0.1) is 0 Å². The van der Waals surface area contributed by atoms with Crippen molar-refractivity contribution in [2.24, 2.45) is 0 Å². The lowest BCUT2D eigenvalue weighted by molar-refractivity contribution is 0.208. The first-order valence-corrected chi connectivity index (χ1v) is 8.97. The molecule has 0 aliphatic carbocycles. The molecule has 0 bridgehead atoms. The van der Waals surface area contributed by atoms with Crippen molar-refractivity contribution in [2.45, 2.75) is 90.6 Å². The lowest BCUT2D eigenvalue weighted by atomic mass is 10.1. The van der Waals surface area contributed by atoms with E-state index in [1.165, 1.54) is 51.4 Å². The Hall–Kier alpha value is -0.820. The molecule has 1 atom stereocenters. The predicted octanol–water partition coefficient (Wildman–Crippen LogP) is 6.35. The van der Waals surface area contributed by atoms with E-state index >= 15 is 0 Å². The number of rotatable bonds is 14. The number of aliphatic hydroxyl groups is 1. The fraction of sp³-hybridized carbons (Fsp3) is 0.700. The Morgan fingerprint density at radius 1 is 0.714 bits per heavy atom. The van der Waals surface area contributed by atoms with Crippen molar-refractivity contribution in [3.8, 4) is 0 Å². The Balaban J connectivity index is 3.41. The molecular weight excluding hydrogens is 256 g/mol. The fourth-order valence-corrected chi connectivity index (χ4v) is 2.15. The molecule has 0 rings (SSSR count). The van der Waals surface area contributed by atoms with Gasteiger partial charge in [-0.15, -0.1) is 0 Å². The second-order valence-corrected chi connectivity index (χ2v) is 5.77. The molecule has 0 spiro atoms. The van der Waals surface area contributed by atoms with E-state index in [2.05, 4.69) is 38.2 Å². The van der Waals surface area contributed by atoms with Crippen LogP contribution in [0.4, 0.5) is 0 Å². The molecule has 0 aromatic rings. The minimum atomic E-state index is -0.269. The maximum atomic E-state index is 9.71. The summed E-state index contributed by atoms with van der Waals surface area (Å²) in [6.45, 7) is 4.42. The first-order chi connectivity index (χ1) is 10.3. The van der Waals surface area contributed by atoms with Crippen LogP contribution in [0.1, 0.15) is 84.5 Å². The van der Waals surface area contributed by atoms with Gasteiger partial charge in [0, 0.05) is 0 Å². The van der Waals surface area contributed by atoms with Gasteiger partial charge in [0.2, 0.25) is 0 Å². The third-order valence-electron chi connectivity index (χ3n) is 3.57.